The van der Waals surface area contributed by atoms with Crippen molar-refractivity contribution in [3.05, 3.63) is 57.0 Å². The molecule has 0 unspecified atom stereocenters. The highest BCUT2D eigenvalue weighted by atomic mass is 35.5. The van der Waals surface area contributed by atoms with E-state index < -0.39 is 11.5 Å². The minimum atomic E-state index is -0.672. The van der Waals surface area contributed by atoms with Crippen LogP contribution in [0.15, 0.2) is 40.4 Å². The Morgan fingerprint density at radius 3 is 2.86 bits per heavy atom. The van der Waals surface area contributed by atoms with Gasteiger partial charge in [0.25, 0.3) is 5.56 Å². The maximum atomic E-state index is 11.8. The number of H-pyrrole nitrogens is 1. The molecule has 1 aromatic carbocycles. The van der Waals surface area contributed by atoms with E-state index >= 15 is 0 Å². The zero-order chi connectivity index (χ0) is 15.2. The zero-order valence-electron chi connectivity index (χ0n) is 11.3. The van der Waals surface area contributed by atoms with Gasteiger partial charge >= 0.3 is 5.97 Å². The quantitative estimate of drug-likeness (QED) is 0.520. The predicted octanol–water partition coefficient (Wildman–Crippen LogP) is 2.89. The van der Waals surface area contributed by atoms with Gasteiger partial charge < -0.3 is 9.72 Å². The molecule has 1 N–H and O–H groups in total. The summed E-state index contributed by atoms with van der Waals surface area (Å²) in [7, 11) is 0. The second-order valence-electron chi connectivity index (χ2n) is 4.03. The number of hydrogen-bond donors (Lipinski definition) is 1. The average molecular weight is 325 g/mol. The lowest BCUT2D eigenvalue weighted by atomic mass is 10.2. The number of carbonyl (C=O) groups excluding carboxylic acids is 1. The number of halogens is 1. The molecule has 0 bridgehead atoms. The molecule has 5 nitrogen and oxygen atoms in total. The first-order chi connectivity index (χ1) is 10.1. The van der Waals surface area contributed by atoms with E-state index in [0.717, 1.165) is 5.56 Å². The third-order valence-corrected chi connectivity index (χ3v) is 3.90. The summed E-state index contributed by atoms with van der Waals surface area (Å²) in [5.41, 5.74) is 0.338. The number of nitrogens with one attached hydrogen (secondary N) is 1. The van der Waals surface area contributed by atoms with Gasteiger partial charge in [0.1, 0.15) is 5.56 Å². The van der Waals surface area contributed by atoms with Gasteiger partial charge in [0.15, 0.2) is 5.16 Å². The Labute approximate surface area is 130 Å². The number of hydrogen-bond acceptors (Lipinski definition) is 5. The summed E-state index contributed by atoms with van der Waals surface area (Å²) in [6.45, 7) is 1.88. The maximum Gasteiger partial charge on any atom is 0.345 e. The maximum absolute atomic E-state index is 11.8. The Kier molecular flexibility index (Phi) is 5.41. The molecule has 2 aromatic rings. The van der Waals surface area contributed by atoms with Crippen LogP contribution in [0.5, 0.6) is 0 Å². The van der Waals surface area contributed by atoms with Gasteiger partial charge in [-0.1, -0.05) is 41.6 Å². The van der Waals surface area contributed by atoms with E-state index in [2.05, 4.69) is 9.97 Å². The second-order valence-corrected chi connectivity index (χ2v) is 5.40. The molecule has 1 aromatic heterocycles. The van der Waals surface area contributed by atoms with Crippen LogP contribution in [-0.2, 0) is 10.5 Å². The van der Waals surface area contributed by atoms with E-state index in [9.17, 15) is 9.59 Å². The van der Waals surface area contributed by atoms with Gasteiger partial charge in [-0.25, -0.2) is 9.78 Å². The number of esters is 1. The summed E-state index contributed by atoms with van der Waals surface area (Å²) < 4.78 is 4.77. The minimum Gasteiger partial charge on any atom is -0.462 e. The van der Waals surface area contributed by atoms with Gasteiger partial charge in [-0.2, -0.15) is 0 Å². The third kappa shape index (κ3) is 4.09. The lowest BCUT2D eigenvalue weighted by Gasteiger charge is -2.04. The van der Waals surface area contributed by atoms with Crippen molar-refractivity contribution in [2.75, 3.05) is 6.61 Å². The molecular weight excluding hydrogens is 312 g/mol. The molecular formula is C14H13ClN2O3S. The first-order valence-corrected chi connectivity index (χ1v) is 7.60. The van der Waals surface area contributed by atoms with Crippen molar-refractivity contribution < 1.29 is 9.53 Å². The monoisotopic (exact) mass is 324 g/mol. The molecule has 0 atom stereocenters. The Balaban J connectivity index is 2.09. The van der Waals surface area contributed by atoms with Crippen LogP contribution in [0.2, 0.25) is 5.02 Å². The Morgan fingerprint density at radius 2 is 2.19 bits per heavy atom. The van der Waals surface area contributed by atoms with Crippen LogP contribution in [0, 0.1) is 0 Å². The van der Waals surface area contributed by atoms with Crippen molar-refractivity contribution in [1.82, 2.24) is 9.97 Å². The first-order valence-electron chi connectivity index (χ1n) is 6.24. The highest BCUT2D eigenvalue weighted by Crippen LogP contribution is 2.23. The summed E-state index contributed by atoms with van der Waals surface area (Å²) in [5, 5.41) is 1.09. The zero-order valence-corrected chi connectivity index (χ0v) is 12.8. The molecule has 0 aliphatic heterocycles. The molecule has 0 saturated carbocycles. The normalized spacial score (nSPS) is 10.4. The van der Waals surface area contributed by atoms with Crippen molar-refractivity contribution in [2.24, 2.45) is 0 Å². The standard InChI is InChI=1S/C14H13ClN2O3S/c1-2-20-13(19)10-7-16-14(17-12(10)18)21-8-9-5-3-4-6-11(9)15/h3-7H,2,8H2,1H3,(H,16,17,18). The van der Waals surface area contributed by atoms with Gasteiger partial charge in [0, 0.05) is 17.0 Å². The van der Waals surface area contributed by atoms with E-state index in [1.54, 1.807) is 13.0 Å². The topological polar surface area (TPSA) is 72.0 Å². The highest BCUT2D eigenvalue weighted by molar-refractivity contribution is 7.98. The van der Waals surface area contributed by atoms with Crippen LogP contribution < -0.4 is 5.56 Å². The lowest BCUT2D eigenvalue weighted by molar-refractivity contribution is 0.0523. The highest BCUT2D eigenvalue weighted by Gasteiger charge is 2.13. The first kappa shape index (κ1) is 15.6. The van der Waals surface area contributed by atoms with Crippen LogP contribution in [0.25, 0.3) is 0 Å². The van der Waals surface area contributed by atoms with E-state index in [0.29, 0.717) is 15.9 Å². The van der Waals surface area contributed by atoms with E-state index in [-0.39, 0.29) is 12.2 Å². The van der Waals surface area contributed by atoms with Crippen molar-refractivity contribution in [1.29, 1.82) is 0 Å². The molecule has 0 amide bonds. The molecule has 110 valence electrons. The van der Waals surface area contributed by atoms with E-state index in [4.69, 9.17) is 16.3 Å². The van der Waals surface area contributed by atoms with Gasteiger partial charge in [-0.05, 0) is 18.6 Å². The molecule has 0 spiro atoms. The number of ether oxygens (including phenoxy) is 1. The average Bonchev–Trinajstić information content (AvgIpc) is 2.46. The second kappa shape index (κ2) is 7.28. The molecule has 0 saturated heterocycles. The molecule has 1 heterocycles. The molecule has 0 aliphatic rings. The summed E-state index contributed by atoms with van der Waals surface area (Å²) in [6, 6.07) is 7.45. The molecule has 7 heteroatoms. The lowest BCUT2D eigenvalue weighted by Crippen LogP contribution is -2.20. The third-order valence-electron chi connectivity index (χ3n) is 2.59. The van der Waals surface area contributed by atoms with Gasteiger partial charge in [0.2, 0.25) is 0 Å². The van der Waals surface area contributed by atoms with Crippen molar-refractivity contribution in [2.45, 2.75) is 17.8 Å². The number of aromatic nitrogens is 2. The summed E-state index contributed by atoms with van der Waals surface area (Å²) >= 11 is 7.39. The molecule has 0 fully saturated rings. The fourth-order valence-electron chi connectivity index (χ4n) is 1.57. The number of nitrogens with zero attached hydrogens (tertiary/aromatic N) is 1. The summed E-state index contributed by atoms with van der Waals surface area (Å²) in [4.78, 5) is 29.9. The molecule has 2 rings (SSSR count). The smallest absolute Gasteiger partial charge is 0.345 e. The fraction of sp³-hybridized carbons (Fsp3) is 0.214. The van der Waals surface area contributed by atoms with Crippen LogP contribution in [-0.4, -0.2) is 22.5 Å². The van der Waals surface area contributed by atoms with Gasteiger partial charge in [0.05, 0.1) is 6.61 Å². The van der Waals surface area contributed by atoms with Crippen LogP contribution in [0.3, 0.4) is 0 Å². The van der Waals surface area contributed by atoms with Crippen molar-refractivity contribution in [3.63, 3.8) is 0 Å². The fourth-order valence-corrected chi connectivity index (χ4v) is 2.69. The van der Waals surface area contributed by atoms with Crippen molar-refractivity contribution in [3.8, 4) is 0 Å². The Hall–Kier alpha value is -1.79. The SMILES string of the molecule is CCOC(=O)c1cnc(SCc2ccccc2Cl)[nH]c1=O. The number of carbonyl (C=O) groups is 1. The summed E-state index contributed by atoms with van der Waals surface area (Å²) in [6.07, 6.45) is 1.23. The number of rotatable bonds is 5. The van der Waals surface area contributed by atoms with Crippen LogP contribution in [0.1, 0.15) is 22.8 Å². The van der Waals surface area contributed by atoms with E-state index in [1.807, 2.05) is 18.2 Å². The number of aromatic amines is 1. The summed E-state index contributed by atoms with van der Waals surface area (Å²) in [5.74, 6) is -0.102. The Bertz CT molecular complexity index is 703. The molecule has 21 heavy (non-hydrogen) atoms. The van der Waals surface area contributed by atoms with E-state index in [1.165, 1.54) is 18.0 Å². The Morgan fingerprint density at radius 1 is 1.43 bits per heavy atom. The largest absolute Gasteiger partial charge is 0.462 e. The predicted molar refractivity (Wildman–Crippen MR) is 81.8 cm³/mol. The van der Waals surface area contributed by atoms with Gasteiger partial charge in [-0.3, -0.25) is 4.79 Å². The number of benzene rings is 1. The van der Waals surface area contributed by atoms with Crippen LogP contribution >= 0.6 is 23.4 Å². The number of thioether (sulfide) groups is 1. The minimum absolute atomic E-state index is 0.0982. The van der Waals surface area contributed by atoms with Crippen molar-refractivity contribution >= 4 is 29.3 Å². The van der Waals surface area contributed by atoms with Gasteiger partial charge in [-0.15, -0.1) is 0 Å². The molecule has 0 radical (unpaired) electrons. The van der Waals surface area contributed by atoms with Crippen LogP contribution in [0.4, 0.5) is 0 Å². The molecule has 0 aliphatic carbocycles.